The van der Waals surface area contributed by atoms with E-state index in [1.54, 1.807) is 26.6 Å². The summed E-state index contributed by atoms with van der Waals surface area (Å²) in [4.78, 5) is 14.1. The Morgan fingerprint density at radius 1 is 0.951 bits per heavy atom. The van der Waals surface area contributed by atoms with Crippen molar-refractivity contribution in [1.29, 1.82) is 0 Å². The molecule has 0 spiro atoms. The number of hydrogen-bond acceptors (Lipinski definition) is 9. The first-order chi connectivity index (χ1) is 19.7. The number of halogens is 1. The molecular formula is C29H36BrN8O2P. The Hall–Kier alpha value is -3.40. The highest BCUT2D eigenvalue weighted by Crippen LogP contribution is 2.36. The van der Waals surface area contributed by atoms with Gasteiger partial charge in [-0.15, -0.1) is 0 Å². The first kappa shape index (κ1) is 29.1. The second-order valence-corrected chi connectivity index (χ2v) is 13.3. The van der Waals surface area contributed by atoms with Gasteiger partial charge in [-0.25, -0.2) is 9.67 Å². The van der Waals surface area contributed by atoms with Crippen LogP contribution in [0.3, 0.4) is 0 Å². The Bertz CT molecular complexity index is 1520. The number of nitrogens with one attached hydrogen (secondary N) is 2. The molecule has 4 aromatic rings. The molecule has 1 saturated heterocycles. The van der Waals surface area contributed by atoms with E-state index in [1.165, 1.54) is 5.30 Å². The molecule has 0 saturated carbocycles. The second kappa shape index (κ2) is 12.6. The third kappa shape index (κ3) is 6.58. The molecule has 3 heterocycles. The molecule has 1 aliphatic rings. The zero-order valence-corrected chi connectivity index (χ0v) is 26.8. The van der Waals surface area contributed by atoms with Crippen LogP contribution in [0.25, 0.3) is 5.69 Å². The van der Waals surface area contributed by atoms with E-state index in [0.29, 0.717) is 11.8 Å². The van der Waals surface area contributed by atoms with E-state index in [9.17, 15) is 0 Å². The van der Waals surface area contributed by atoms with E-state index in [4.69, 9.17) is 14.5 Å². The van der Waals surface area contributed by atoms with Crippen LogP contribution in [0, 0.1) is 6.92 Å². The van der Waals surface area contributed by atoms with Crippen molar-refractivity contribution >= 4 is 58.0 Å². The maximum atomic E-state index is 5.80. The number of rotatable bonds is 9. The fourth-order valence-electron chi connectivity index (χ4n) is 4.72. The van der Waals surface area contributed by atoms with Crippen molar-refractivity contribution in [2.45, 2.75) is 6.92 Å². The van der Waals surface area contributed by atoms with Crippen LogP contribution in [0.4, 0.5) is 28.8 Å². The summed E-state index contributed by atoms with van der Waals surface area (Å²) in [5, 5.41) is 12.5. The number of nitrogens with zero attached hydrogens (tertiary/aromatic N) is 6. The summed E-state index contributed by atoms with van der Waals surface area (Å²) in [6.07, 6.45) is 5.33. The highest BCUT2D eigenvalue weighted by Gasteiger charge is 2.20. The fraction of sp³-hybridized carbons (Fsp3) is 0.345. The predicted molar refractivity (Wildman–Crippen MR) is 172 cm³/mol. The van der Waals surface area contributed by atoms with E-state index in [-0.39, 0.29) is 0 Å². The minimum absolute atomic E-state index is 0.424. The van der Waals surface area contributed by atoms with Crippen LogP contribution in [-0.4, -0.2) is 85.4 Å². The zero-order chi connectivity index (χ0) is 29.1. The number of anilines is 5. The molecule has 5 rings (SSSR count). The maximum absolute atomic E-state index is 5.80. The van der Waals surface area contributed by atoms with Gasteiger partial charge in [0.2, 0.25) is 5.95 Å². The molecule has 0 bridgehead atoms. The lowest BCUT2D eigenvalue weighted by Crippen LogP contribution is -2.44. The van der Waals surface area contributed by atoms with Gasteiger partial charge in [-0.2, -0.15) is 10.1 Å². The van der Waals surface area contributed by atoms with Crippen molar-refractivity contribution in [2.24, 2.45) is 0 Å². The molecule has 0 aliphatic carbocycles. The Balaban J connectivity index is 1.39. The number of likely N-dealkylation sites (N-methyl/N-ethyl adjacent to an activating group) is 1. The van der Waals surface area contributed by atoms with Crippen molar-refractivity contribution in [2.75, 3.05) is 76.3 Å². The molecule has 216 valence electrons. The van der Waals surface area contributed by atoms with E-state index < -0.39 is 7.92 Å². The number of methoxy groups -OCH3 is 2. The largest absolute Gasteiger partial charge is 0.495 e. The number of aromatic nitrogens is 4. The SMILES string of the molecule is COc1cnn(-c2ccc(Nc3nc(Nc4cc(OC)c(N5CCN(C)CC5)cc4C)ncc3Br)c(P(C)C)c2)c1. The van der Waals surface area contributed by atoms with Crippen molar-refractivity contribution < 1.29 is 9.47 Å². The van der Waals surface area contributed by atoms with Crippen LogP contribution in [0.1, 0.15) is 5.56 Å². The number of aryl methyl sites for hydroxylation is 1. The molecule has 2 N–H and O–H groups in total. The monoisotopic (exact) mass is 638 g/mol. The smallest absolute Gasteiger partial charge is 0.229 e. The van der Waals surface area contributed by atoms with Gasteiger partial charge in [0.25, 0.3) is 0 Å². The minimum atomic E-state index is -0.424. The lowest BCUT2D eigenvalue weighted by atomic mass is 10.1. The van der Waals surface area contributed by atoms with Gasteiger partial charge in [-0.1, -0.05) is 7.92 Å². The van der Waals surface area contributed by atoms with Gasteiger partial charge in [0.15, 0.2) is 5.75 Å². The van der Waals surface area contributed by atoms with Crippen LogP contribution in [0.2, 0.25) is 0 Å². The number of hydrogen-bond donors (Lipinski definition) is 2. The predicted octanol–water partition coefficient (Wildman–Crippen LogP) is 5.36. The average Bonchev–Trinajstić information content (AvgIpc) is 3.46. The summed E-state index contributed by atoms with van der Waals surface area (Å²) in [6, 6.07) is 10.5. The van der Waals surface area contributed by atoms with Crippen LogP contribution in [0.15, 0.2) is 53.4 Å². The minimum Gasteiger partial charge on any atom is -0.495 e. The molecule has 10 nitrogen and oxygen atoms in total. The van der Waals surface area contributed by atoms with Gasteiger partial charge < -0.3 is 29.9 Å². The first-order valence-electron chi connectivity index (χ1n) is 13.3. The molecule has 2 aromatic carbocycles. The molecule has 0 amide bonds. The van der Waals surface area contributed by atoms with E-state index in [1.807, 2.05) is 23.0 Å². The quantitative estimate of drug-likeness (QED) is 0.235. The standard InChI is InChI=1S/C29H36BrN8O2P/c1-19-13-25(37-11-9-36(2)10-12-37)26(40-4)15-24(19)34-29-31-17-22(30)28(35-29)33-23-8-7-20(14-27(23)41(5)6)38-18-21(39-3)16-32-38/h7-8,13-18H,9-12H2,1-6H3,(H2,31,33,34,35). The molecule has 2 aromatic heterocycles. The summed E-state index contributed by atoms with van der Waals surface area (Å²) in [7, 11) is 5.09. The van der Waals surface area contributed by atoms with Crippen molar-refractivity contribution in [1.82, 2.24) is 24.6 Å². The Kier molecular flexibility index (Phi) is 8.97. The summed E-state index contributed by atoms with van der Waals surface area (Å²) >= 11 is 3.62. The average molecular weight is 640 g/mol. The lowest BCUT2D eigenvalue weighted by Gasteiger charge is -2.35. The highest BCUT2D eigenvalue weighted by molar-refractivity contribution is 9.10. The van der Waals surface area contributed by atoms with E-state index in [2.05, 4.69) is 91.9 Å². The Morgan fingerprint density at radius 2 is 1.73 bits per heavy atom. The Labute approximate surface area is 251 Å². The number of piperazine rings is 1. The normalized spacial score (nSPS) is 13.9. The molecule has 0 unspecified atom stereocenters. The lowest BCUT2D eigenvalue weighted by molar-refractivity contribution is 0.311. The van der Waals surface area contributed by atoms with E-state index in [0.717, 1.165) is 70.5 Å². The molecule has 0 radical (unpaired) electrons. The highest BCUT2D eigenvalue weighted by atomic mass is 79.9. The summed E-state index contributed by atoms with van der Waals surface area (Å²) < 4.78 is 13.7. The summed E-state index contributed by atoms with van der Waals surface area (Å²) in [5.41, 5.74) is 5.07. The van der Waals surface area contributed by atoms with Crippen molar-refractivity contribution in [3.63, 3.8) is 0 Å². The van der Waals surface area contributed by atoms with Crippen LogP contribution in [0.5, 0.6) is 11.5 Å². The topological polar surface area (TPSA) is 92.6 Å². The van der Waals surface area contributed by atoms with Gasteiger partial charge >= 0.3 is 0 Å². The number of benzene rings is 2. The molecule has 1 aliphatic heterocycles. The van der Waals surface area contributed by atoms with Crippen molar-refractivity contribution in [3.8, 4) is 17.2 Å². The third-order valence-corrected chi connectivity index (χ3v) is 9.05. The zero-order valence-electron chi connectivity index (χ0n) is 24.3. The molecule has 41 heavy (non-hydrogen) atoms. The first-order valence-corrected chi connectivity index (χ1v) is 16.4. The molecule has 1 fully saturated rings. The maximum Gasteiger partial charge on any atom is 0.229 e. The van der Waals surface area contributed by atoms with Gasteiger partial charge in [0.1, 0.15) is 11.6 Å². The van der Waals surface area contributed by atoms with E-state index >= 15 is 0 Å². The summed E-state index contributed by atoms with van der Waals surface area (Å²) in [6.45, 7) is 10.6. The Morgan fingerprint density at radius 3 is 2.41 bits per heavy atom. The second-order valence-electron chi connectivity index (χ2n) is 10.2. The molecule has 12 heteroatoms. The fourth-order valence-corrected chi connectivity index (χ4v) is 6.01. The van der Waals surface area contributed by atoms with Gasteiger partial charge in [0, 0.05) is 55.1 Å². The third-order valence-electron chi connectivity index (χ3n) is 7.14. The number of ether oxygens (including phenoxy) is 2. The molecule has 0 atom stereocenters. The van der Waals surface area contributed by atoms with Gasteiger partial charge in [-0.05, 0) is 73.1 Å². The summed E-state index contributed by atoms with van der Waals surface area (Å²) in [5.74, 6) is 2.71. The van der Waals surface area contributed by atoms with Gasteiger partial charge in [-0.3, -0.25) is 0 Å². The van der Waals surface area contributed by atoms with Gasteiger partial charge in [0.05, 0.1) is 42.5 Å². The van der Waals surface area contributed by atoms with Crippen LogP contribution < -0.4 is 30.3 Å². The van der Waals surface area contributed by atoms with Crippen LogP contribution >= 0.6 is 23.9 Å². The molecular weight excluding hydrogens is 603 g/mol. The van der Waals surface area contributed by atoms with Crippen LogP contribution in [-0.2, 0) is 0 Å². The van der Waals surface area contributed by atoms with Crippen molar-refractivity contribution in [3.05, 3.63) is 59.0 Å².